The summed E-state index contributed by atoms with van der Waals surface area (Å²) in [6.07, 6.45) is 0. The molecule has 0 saturated heterocycles. The van der Waals surface area contributed by atoms with E-state index in [0.717, 1.165) is 16.8 Å². The Morgan fingerprint density at radius 3 is 2.33 bits per heavy atom. The molecule has 21 heavy (non-hydrogen) atoms. The fourth-order valence-corrected chi connectivity index (χ4v) is 2.28. The quantitative estimate of drug-likeness (QED) is 0.781. The maximum absolute atomic E-state index is 12.1. The first kappa shape index (κ1) is 15.4. The number of nitrogens with one attached hydrogen (secondary N) is 2. The molecule has 2 aromatic rings. The van der Waals surface area contributed by atoms with Crippen molar-refractivity contribution in [2.45, 2.75) is 26.7 Å². The van der Waals surface area contributed by atoms with Gasteiger partial charge in [0.05, 0.1) is 0 Å². The minimum atomic E-state index is -0.256. The monoisotopic (exact) mass is 302 g/mol. The van der Waals surface area contributed by atoms with Crippen LogP contribution in [0.5, 0.6) is 0 Å². The van der Waals surface area contributed by atoms with Gasteiger partial charge in [0.15, 0.2) is 0 Å². The van der Waals surface area contributed by atoms with E-state index >= 15 is 0 Å². The molecule has 0 bridgehead atoms. The smallest absolute Gasteiger partial charge is 0.308 e. The number of hydrogen-bond donors (Lipinski definition) is 2. The molecule has 0 unspecified atom stereocenters. The van der Waals surface area contributed by atoms with Gasteiger partial charge < -0.3 is 10.6 Å². The van der Waals surface area contributed by atoms with Crippen molar-refractivity contribution < 1.29 is 4.79 Å². The van der Waals surface area contributed by atoms with E-state index in [2.05, 4.69) is 24.5 Å². The highest BCUT2D eigenvalue weighted by molar-refractivity contribution is 6.30. The maximum atomic E-state index is 12.1. The lowest BCUT2D eigenvalue weighted by Gasteiger charge is -2.16. The Labute approximate surface area is 130 Å². The Balaban J connectivity index is 2.14. The lowest BCUT2D eigenvalue weighted by molar-refractivity contribution is 0.262. The topological polar surface area (TPSA) is 41.1 Å². The van der Waals surface area contributed by atoms with Crippen LogP contribution >= 0.6 is 11.6 Å². The first-order valence-electron chi connectivity index (χ1n) is 6.90. The van der Waals surface area contributed by atoms with Gasteiger partial charge in [0, 0.05) is 16.4 Å². The molecule has 0 radical (unpaired) electrons. The van der Waals surface area contributed by atoms with Crippen molar-refractivity contribution in [2.75, 3.05) is 10.6 Å². The summed E-state index contributed by atoms with van der Waals surface area (Å²) in [6.45, 7) is 6.21. The summed E-state index contributed by atoms with van der Waals surface area (Å²) in [4.78, 5) is 12.1. The molecule has 2 rings (SSSR count). The summed E-state index contributed by atoms with van der Waals surface area (Å²) < 4.78 is 0. The molecular weight excluding hydrogens is 284 g/mol. The normalized spacial score (nSPS) is 10.5. The van der Waals surface area contributed by atoms with Crippen molar-refractivity contribution in [3.8, 4) is 0 Å². The van der Waals surface area contributed by atoms with E-state index < -0.39 is 0 Å². The van der Waals surface area contributed by atoms with Gasteiger partial charge in [-0.3, -0.25) is 0 Å². The first-order chi connectivity index (χ1) is 9.97. The highest BCUT2D eigenvalue weighted by Gasteiger charge is 2.11. The fourth-order valence-electron chi connectivity index (χ4n) is 2.15. The Bertz CT molecular complexity index is 636. The third-order valence-corrected chi connectivity index (χ3v) is 3.52. The van der Waals surface area contributed by atoms with E-state index in [1.54, 1.807) is 24.3 Å². The second-order valence-corrected chi connectivity index (χ2v) is 5.72. The van der Waals surface area contributed by atoms with Gasteiger partial charge in [-0.25, -0.2) is 4.79 Å². The predicted molar refractivity (Wildman–Crippen MR) is 89.4 cm³/mol. The average Bonchev–Trinajstić information content (AvgIpc) is 2.43. The molecule has 0 aromatic heterocycles. The SMILES string of the molecule is Cc1cccc(C(C)C)c1NC(=O)Nc1ccc(Cl)cc1. The molecular formula is C17H19ClN2O. The number of rotatable bonds is 3. The van der Waals surface area contributed by atoms with Gasteiger partial charge in [-0.15, -0.1) is 0 Å². The Kier molecular flexibility index (Phi) is 4.86. The summed E-state index contributed by atoms with van der Waals surface area (Å²) in [6, 6.07) is 12.8. The van der Waals surface area contributed by atoms with Crippen LogP contribution in [0.4, 0.5) is 16.2 Å². The lowest BCUT2D eigenvalue weighted by Crippen LogP contribution is -2.21. The zero-order valence-electron chi connectivity index (χ0n) is 12.4. The number of hydrogen-bond acceptors (Lipinski definition) is 1. The van der Waals surface area contributed by atoms with Crippen LogP contribution in [0.1, 0.15) is 30.9 Å². The van der Waals surface area contributed by atoms with Gasteiger partial charge in [-0.05, 0) is 48.2 Å². The highest BCUT2D eigenvalue weighted by Crippen LogP contribution is 2.27. The Morgan fingerprint density at radius 2 is 1.71 bits per heavy atom. The third kappa shape index (κ3) is 3.99. The zero-order chi connectivity index (χ0) is 15.4. The van der Waals surface area contributed by atoms with E-state index in [1.165, 1.54) is 0 Å². The number of carbonyl (C=O) groups excluding carboxylic acids is 1. The Hall–Kier alpha value is -2.00. The standard InChI is InChI=1S/C17H19ClN2O/c1-11(2)15-6-4-5-12(3)16(15)20-17(21)19-14-9-7-13(18)8-10-14/h4-11H,1-3H3,(H2,19,20,21). The van der Waals surface area contributed by atoms with Gasteiger partial charge >= 0.3 is 6.03 Å². The number of halogens is 1. The minimum absolute atomic E-state index is 0.256. The molecule has 2 amide bonds. The summed E-state index contributed by atoms with van der Waals surface area (Å²) in [5, 5.41) is 6.38. The molecule has 110 valence electrons. The number of benzene rings is 2. The van der Waals surface area contributed by atoms with Crippen molar-refractivity contribution in [1.82, 2.24) is 0 Å². The number of aryl methyl sites for hydroxylation is 1. The maximum Gasteiger partial charge on any atom is 0.323 e. The molecule has 0 atom stereocenters. The number of amides is 2. The Morgan fingerprint density at radius 1 is 1.05 bits per heavy atom. The highest BCUT2D eigenvalue weighted by atomic mass is 35.5. The molecule has 2 aromatic carbocycles. The molecule has 0 spiro atoms. The van der Waals surface area contributed by atoms with Crippen LogP contribution in [0.15, 0.2) is 42.5 Å². The van der Waals surface area contributed by atoms with Crippen molar-refractivity contribution in [2.24, 2.45) is 0 Å². The predicted octanol–water partition coefficient (Wildman–Crippen LogP) is 5.42. The fraction of sp³-hybridized carbons (Fsp3) is 0.235. The molecule has 0 aliphatic heterocycles. The summed E-state index contributed by atoms with van der Waals surface area (Å²) in [5.74, 6) is 0.343. The molecule has 0 fully saturated rings. The first-order valence-corrected chi connectivity index (χ1v) is 7.28. The van der Waals surface area contributed by atoms with Crippen LogP contribution in [0.3, 0.4) is 0 Å². The van der Waals surface area contributed by atoms with E-state index in [0.29, 0.717) is 16.6 Å². The van der Waals surface area contributed by atoms with Gasteiger partial charge in [0.1, 0.15) is 0 Å². The van der Waals surface area contributed by atoms with Crippen LogP contribution in [0.25, 0.3) is 0 Å². The van der Waals surface area contributed by atoms with Crippen LogP contribution in [0, 0.1) is 6.92 Å². The van der Waals surface area contributed by atoms with E-state index in [-0.39, 0.29) is 6.03 Å². The average molecular weight is 303 g/mol. The number of urea groups is 1. The number of carbonyl (C=O) groups is 1. The molecule has 0 saturated carbocycles. The molecule has 2 N–H and O–H groups in total. The van der Waals surface area contributed by atoms with Crippen LogP contribution in [-0.4, -0.2) is 6.03 Å². The van der Waals surface area contributed by atoms with E-state index in [4.69, 9.17) is 11.6 Å². The van der Waals surface area contributed by atoms with Crippen LogP contribution in [0.2, 0.25) is 5.02 Å². The third-order valence-electron chi connectivity index (χ3n) is 3.27. The van der Waals surface area contributed by atoms with Gasteiger partial charge in [-0.1, -0.05) is 43.6 Å². The van der Waals surface area contributed by atoms with Crippen molar-refractivity contribution in [3.05, 3.63) is 58.6 Å². The van der Waals surface area contributed by atoms with Crippen LogP contribution in [-0.2, 0) is 0 Å². The zero-order valence-corrected chi connectivity index (χ0v) is 13.2. The molecule has 0 aliphatic carbocycles. The van der Waals surface area contributed by atoms with Crippen molar-refractivity contribution in [3.63, 3.8) is 0 Å². The van der Waals surface area contributed by atoms with Gasteiger partial charge in [-0.2, -0.15) is 0 Å². The molecule has 0 aliphatic rings. The largest absolute Gasteiger partial charge is 0.323 e. The lowest BCUT2D eigenvalue weighted by atomic mass is 9.98. The van der Waals surface area contributed by atoms with Gasteiger partial charge in [0.2, 0.25) is 0 Å². The summed E-state index contributed by atoms with van der Waals surface area (Å²) >= 11 is 5.83. The van der Waals surface area contributed by atoms with Crippen molar-refractivity contribution >= 4 is 29.0 Å². The number of para-hydroxylation sites is 1. The van der Waals surface area contributed by atoms with E-state index in [1.807, 2.05) is 25.1 Å². The summed E-state index contributed by atoms with van der Waals surface area (Å²) in [5.41, 5.74) is 3.75. The second kappa shape index (κ2) is 6.64. The van der Waals surface area contributed by atoms with Crippen molar-refractivity contribution in [1.29, 1.82) is 0 Å². The molecule has 0 heterocycles. The van der Waals surface area contributed by atoms with Gasteiger partial charge in [0.25, 0.3) is 0 Å². The summed E-state index contributed by atoms with van der Waals surface area (Å²) in [7, 11) is 0. The van der Waals surface area contributed by atoms with Crippen LogP contribution < -0.4 is 10.6 Å². The molecule has 3 nitrogen and oxygen atoms in total. The molecule has 4 heteroatoms. The minimum Gasteiger partial charge on any atom is -0.308 e. The second-order valence-electron chi connectivity index (χ2n) is 5.28. The van der Waals surface area contributed by atoms with E-state index in [9.17, 15) is 4.79 Å². The number of anilines is 2.